The average molecular weight is 317 g/mol. The normalized spacial score (nSPS) is 8.44. The average Bonchev–Trinajstić information content (AvgIpc) is 1.61. The molecule has 52 valence electrons. The van der Waals surface area contributed by atoms with Crippen LogP contribution in [-0.2, 0) is 25.9 Å². The van der Waals surface area contributed by atoms with Crippen LogP contribution in [0.4, 0.5) is 0 Å². The van der Waals surface area contributed by atoms with Gasteiger partial charge in [0, 0.05) is 0 Å². The topological polar surface area (TPSA) is 20.3 Å². The van der Waals surface area contributed by atoms with Crippen molar-refractivity contribution in [1.82, 2.24) is 4.90 Å². The minimum atomic E-state index is -0.430. The monoisotopic (exact) mass is 317 g/mol. The van der Waals surface area contributed by atoms with Crippen LogP contribution in [0, 0.1) is 13.5 Å². The van der Waals surface area contributed by atoms with Crippen molar-refractivity contribution in [2.45, 2.75) is 0 Å². The molecule has 0 saturated carbocycles. The van der Waals surface area contributed by atoms with E-state index in [0.29, 0.717) is 6.54 Å². The molecule has 0 amide bonds. The molecule has 0 N–H and O–H groups in total. The van der Waals surface area contributed by atoms with Crippen LogP contribution in [-0.4, -0.2) is 23.7 Å². The van der Waals surface area contributed by atoms with Crippen molar-refractivity contribution < 1.29 is 25.9 Å². The van der Waals surface area contributed by atoms with Gasteiger partial charge in [0.05, 0.1) is 5.24 Å². The molecule has 4 heteroatoms. The molecule has 0 rings (SSSR count). The Bertz CT molecular complexity index is 87.0. The van der Waals surface area contributed by atoms with Crippen LogP contribution in [0.2, 0.25) is 0 Å². The number of carbonyl (C=O) groups excluding carboxylic acids is 1. The summed E-state index contributed by atoms with van der Waals surface area (Å²) in [5, 5.41) is -0.430. The quantitative estimate of drug-likeness (QED) is 0.563. The molecule has 0 aromatic rings. The van der Waals surface area contributed by atoms with Crippen LogP contribution in [0.25, 0.3) is 0 Å². The summed E-state index contributed by atoms with van der Waals surface area (Å²) in [5.41, 5.74) is 0. The summed E-state index contributed by atoms with van der Waals surface area (Å²) in [6, 6.07) is 0. The van der Waals surface area contributed by atoms with Crippen molar-refractivity contribution in [2.24, 2.45) is 0 Å². The third-order valence-corrected chi connectivity index (χ3v) is 0.718. The fourth-order valence-electron chi connectivity index (χ4n) is 0.228. The Kier molecular flexibility index (Phi) is 8.93. The van der Waals surface area contributed by atoms with Gasteiger partial charge in [0.25, 0.3) is 0 Å². The maximum absolute atomic E-state index is 10.0. The van der Waals surface area contributed by atoms with Crippen molar-refractivity contribution in [3.63, 3.8) is 0 Å². The standard InChI is InChI=1S/C5H8ClNO.W/c1-7(2)4-3-5(6)8;/h3H,1,4H2,2H3;/q-2;+2. The van der Waals surface area contributed by atoms with Crippen LogP contribution in [0.15, 0.2) is 0 Å². The summed E-state index contributed by atoms with van der Waals surface area (Å²) in [5.74, 6) is 0. The zero-order chi connectivity index (χ0) is 6.57. The largest absolute Gasteiger partial charge is 2.00 e. The predicted molar refractivity (Wildman–Crippen MR) is 33.1 cm³/mol. The molecular formula is C5H8ClNOW. The summed E-state index contributed by atoms with van der Waals surface area (Å²) in [6.07, 6.45) is 1.36. The van der Waals surface area contributed by atoms with Gasteiger partial charge in [-0.1, -0.05) is 11.6 Å². The first-order valence-corrected chi connectivity index (χ1v) is 2.55. The molecule has 0 aliphatic heterocycles. The van der Waals surface area contributed by atoms with Crippen LogP contribution in [0.3, 0.4) is 0 Å². The van der Waals surface area contributed by atoms with Gasteiger partial charge in [-0.2, -0.15) is 0 Å². The fourth-order valence-corrected chi connectivity index (χ4v) is 0.297. The van der Waals surface area contributed by atoms with E-state index < -0.39 is 5.24 Å². The van der Waals surface area contributed by atoms with E-state index in [4.69, 9.17) is 11.6 Å². The second-order valence-electron chi connectivity index (χ2n) is 1.55. The van der Waals surface area contributed by atoms with Gasteiger partial charge >= 0.3 is 21.1 Å². The molecule has 0 aromatic heterocycles. The molecule has 0 bridgehead atoms. The smallest absolute Gasteiger partial charge is 0.485 e. The molecule has 0 aliphatic carbocycles. The van der Waals surface area contributed by atoms with Gasteiger partial charge in [-0.15, -0.1) is 6.54 Å². The number of hydrogen-bond acceptors (Lipinski definition) is 2. The summed E-state index contributed by atoms with van der Waals surface area (Å²) >= 11 is 4.97. The number of nitrogens with zero attached hydrogens (tertiary/aromatic N) is 1. The number of hydrogen-bond donors (Lipinski definition) is 0. The molecule has 9 heavy (non-hydrogen) atoms. The minimum Gasteiger partial charge on any atom is -0.485 e. The maximum atomic E-state index is 10.0. The molecule has 0 heterocycles. The van der Waals surface area contributed by atoms with Crippen molar-refractivity contribution in [1.29, 1.82) is 0 Å². The Morgan fingerprint density at radius 2 is 2.33 bits per heavy atom. The second kappa shape index (κ2) is 6.60. The summed E-state index contributed by atoms with van der Waals surface area (Å²) in [4.78, 5) is 11.6. The minimum absolute atomic E-state index is 0. The molecule has 0 radical (unpaired) electrons. The Labute approximate surface area is 74.8 Å². The van der Waals surface area contributed by atoms with Crippen LogP contribution < -0.4 is 0 Å². The molecule has 0 aromatic carbocycles. The van der Waals surface area contributed by atoms with E-state index in [2.05, 4.69) is 7.05 Å². The molecule has 0 aliphatic rings. The fraction of sp³-hybridized carbons (Fsp3) is 0.400. The van der Waals surface area contributed by atoms with E-state index in [1.165, 1.54) is 6.42 Å². The SMILES string of the molecule is [CH2-]N(C)C[CH-]C(=O)Cl.[W+2]. The van der Waals surface area contributed by atoms with E-state index in [1.54, 1.807) is 11.9 Å². The second-order valence-corrected chi connectivity index (χ2v) is 1.92. The number of carbonyl (C=O) groups is 1. The Morgan fingerprint density at radius 1 is 1.89 bits per heavy atom. The van der Waals surface area contributed by atoms with Gasteiger partial charge < -0.3 is 9.69 Å². The molecule has 0 unspecified atom stereocenters. The number of rotatable bonds is 3. The van der Waals surface area contributed by atoms with E-state index >= 15 is 0 Å². The van der Waals surface area contributed by atoms with Crippen molar-refractivity contribution >= 4 is 16.8 Å². The summed E-state index contributed by atoms with van der Waals surface area (Å²) in [7, 11) is 5.26. The molecule has 0 saturated heterocycles. The van der Waals surface area contributed by atoms with Gasteiger partial charge in [-0.25, -0.2) is 0 Å². The Balaban J connectivity index is 0. The Morgan fingerprint density at radius 3 is 2.44 bits per heavy atom. The maximum Gasteiger partial charge on any atom is 2.00 e. The van der Waals surface area contributed by atoms with Gasteiger partial charge in [-0.3, -0.25) is 13.5 Å². The molecule has 0 atom stereocenters. The van der Waals surface area contributed by atoms with Crippen LogP contribution in [0.1, 0.15) is 0 Å². The van der Waals surface area contributed by atoms with Crippen molar-refractivity contribution in [2.75, 3.05) is 13.6 Å². The van der Waals surface area contributed by atoms with Crippen molar-refractivity contribution in [3.8, 4) is 0 Å². The van der Waals surface area contributed by atoms with E-state index in [0.717, 1.165) is 0 Å². The zero-order valence-corrected chi connectivity index (χ0v) is 8.82. The molecular weight excluding hydrogens is 309 g/mol. The van der Waals surface area contributed by atoms with Crippen molar-refractivity contribution in [3.05, 3.63) is 13.5 Å². The van der Waals surface area contributed by atoms with Gasteiger partial charge in [0.2, 0.25) is 0 Å². The zero-order valence-electron chi connectivity index (χ0n) is 5.13. The van der Waals surface area contributed by atoms with Crippen LogP contribution in [0.5, 0.6) is 0 Å². The Hall–Kier alpha value is 0.478. The van der Waals surface area contributed by atoms with E-state index in [1.807, 2.05) is 0 Å². The molecule has 0 spiro atoms. The predicted octanol–water partition coefficient (Wildman–Crippen LogP) is 0.677. The summed E-state index contributed by atoms with van der Waals surface area (Å²) < 4.78 is 0. The van der Waals surface area contributed by atoms with Gasteiger partial charge in [0.15, 0.2) is 0 Å². The molecule has 0 fully saturated rings. The first-order chi connectivity index (χ1) is 3.63. The van der Waals surface area contributed by atoms with Gasteiger partial charge in [0.1, 0.15) is 0 Å². The third-order valence-electron chi connectivity index (χ3n) is 0.563. The summed E-state index contributed by atoms with van der Waals surface area (Å²) in [6.45, 7) is 0.502. The number of halogens is 1. The van der Waals surface area contributed by atoms with Crippen LogP contribution >= 0.6 is 11.6 Å². The van der Waals surface area contributed by atoms with Gasteiger partial charge in [-0.05, 0) is 7.05 Å². The first kappa shape index (κ1) is 12.2. The molecule has 2 nitrogen and oxygen atoms in total. The first-order valence-electron chi connectivity index (χ1n) is 2.17. The van der Waals surface area contributed by atoms with E-state index in [-0.39, 0.29) is 21.1 Å². The van der Waals surface area contributed by atoms with E-state index in [9.17, 15) is 4.79 Å². The third kappa shape index (κ3) is 11.9.